The molecule has 0 aliphatic carbocycles. The van der Waals surface area contributed by atoms with Crippen LogP contribution in [0.2, 0.25) is 5.02 Å². The van der Waals surface area contributed by atoms with E-state index in [1.807, 2.05) is 5.92 Å². The number of nitrogens with zero attached hydrogens (tertiary/aromatic N) is 1. The molecule has 1 aromatic rings. The van der Waals surface area contributed by atoms with E-state index in [0.29, 0.717) is 12.3 Å². The molecule has 0 aromatic carbocycles. The summed E-state index contributed by atoms with van der Waals surface area (Å²) in [6.07, 6.45) is -2.96. The van der Waals surface area contributed by atoms with Crippen molar-refractivity contribution in [3.63, 3.8) is 0 Å². The third kappa shape index (κ3) is 2.36. The van der Waals surface area contributed by atoms with Crippen molar-refractivity contribution in [3.05, 3.63) is 28.5 Å². The standard InChI is InChI=1S/C8H2ClF4N/c9-6-3-5(8(11,12)13)4-14-7(6)1-2-10/h3-4H. The van der Waals surface area contributed by atoms with Crippen LogP contribution in [-0.4, -0.2) is 4.98 Å². The third-order valence-corrected chi connectivity index (χ3v) is 1.62. The van der Waals surface area contributed by atoms with Crippen molar-refractivity contribution >= 4 is 11.6 Å². The highest BCUT2D eigenvalue weighted by Crippen LogP contribution is 2.30. The second-order valence-corrected chi connectivity index (χ2v) is 2.68. The molecule has 1 nitrogen and oxygen atoms in total. The minimum absolute atomic E-state index is 0.220. The second-order valence-electron chi connectivity index (χ2n) is 2.27. The van der Waals surface area contributed by atoms with Gasteiger partial charge in [-0.1, -0.05) is 11.6 Å². The molecule has 0 N–H and O–H groups in total. The van der Waals surface area contributed by atoms with Crippen LogP contribution in [0.25, 0.3) is 0 Å². The summed E-state index contributed by atoms with van der Waals surface area (Å²) in [6, 6.07) is 0.647. The summed E-state index contributed by atoms with van der Waals surface area (Å²) in [6.45, 7) is 0. The van der Waals surface area contributed by atoms with Crippen LogP contribution in [0, 0.1) is 12.1 Å². The van der Waals surface area contributed by atoms with Crippen LogP contribution in [0.5, 0.6) is 0 Å². The first-order chi connectivity index (χ1) is 6.45. The maximum atomic E-state index is 12.1. The molecular formula is C8H2ClF4N. The molecule has 0 radical (unpaired) electrons. The summed E-state index contributed by atoms with van der Waals surface area (Å²) in [5.41, 5.74) is -1.21. The van der Waals surface area contributed by atoms with Gasteiger partial charge in [-0.05, 0) is 12.0 Å². The lowest BCUT2D eigenvalue weighted by Gasteiger charge is -2.06. The molecule has 0 saturated carbocycles. The summed E-state index contributed by atoms with van der Waals surface area (Å²) >= 11 is 5.38. The van der Waals surface area contributed by atoms with Gasteiger partial charge < -0.3 is 0 Å². The molecule has 14 heavy (non-hydrogen) atoms. The third-order valence-electron chi connectivity index (χ3n) is 1.33. The molecule has 0 aliphatic rings. The molecule has 0 amide bonds. The number of hydrogen-bond donors (Lipinski definition) is 0. The van der Waals surface area contributed by atoms with E-state index in [1.54, 1.807) is 0 Å². The summed E-state index contributed by atoms with van der Waals surface area (Å²) in [5, 5.41) is -0.329. The van der Waals surface area contributed by atoms with Crippen LogP contribution in [0.1, 0.15) is 11.3 Å². The van der Waals surface area contributed by atoms with Gasteiger partial charge >= 0.3 is 6.18 Å². The van der Waals surface area contributed by atoms with Gasteiger partial charge in [0.05, 0.1) is 10.6 Å². The lowest BCUT2D eigenvalue weighted by atomic mass is 10.2. The lowest BCUT2D eigenvalue weighted by molar-refractivity contribution is -0.137. The molecule has 0 aliphatic heterocycles. The van der Waals surface area contributed by atoms with E-state index in [1.165, 1.54) is 0 Å². The van der Waals surface area contributed by atoms with Gasteiger partial charge in [-0.15, -0.1) is 4.39 Å². The summed E-state index contributed by atoms with van der Waals surface area (Å²) in [4.78, 5) is 3.27. The van der Waals surface area contributed by atoms with Crippen LogP contribution in [0.15, 0.2) is 12.3 Å². The highest BCUT2D eigenvalue weighted by molar-refractivity contribution is 6.31. The maximum absolute atomic E-state index is 12.1. The zero-order chi connectivity index (χ0) is 10.8. The zero-order valence-electron chi connectivity index (χ0n) is 6.49. The lowest BCUT2D eigenvalue weighted by Crippen LogP contribution is -2.05. The maximum Gasteiger partial charge on any atom is 0.417 e. The minimum atomic E-state index is -4.52. The molecule has 0 unspecified atom stereocenters. The topological polar surface area (TPSA) is 12.9 Å². The van der Waals surface area contributed by atoms with Crippen LogP contribution in [0.4, 0.5) is 17.6 Å². The van der Waals surface area contributed by atoms with Crippen LogP contribution in [-0.2, 0) is 6.18 Å². The summed E-state index contributed by atoms with van der Waals surface area (Å²) in [5.74, 6) is 1.83. The van der Waals surface area contributed by atoms with Crippen LogP contribution >= 0.6 is 11.6 Å². The Morgan fingerprint density at radius 3 is 2.43 bits per heavy atom. The minimum Gasteiger partial charge on any atom is -0.245 e. The van der Waals surface area contributed by atoms with Gasteiger partial charge in [-0.3, -0.25) is 0 Å². The first-order valence-corrected chi connectivity index (χ1v) is 3.67. The van der Waals surface area contributed by atoms with Crippen molar-refractivity contribution in [2.75, 3.05) is 0 Å². The normalized spacial score (nSPS) is 10.6. The molecule has 1 rings (SSSR count). The quantitative estimate of drug-likeness (QED) is 0.487. The number of halogens is 5. The Morgan fingerprint density at radius 2 is 2.00 bits per heavy atom. The average molecular weight is 224 g/mol. The van der Waals surface area contributed by atoms with Crippen molar-refractivity contribution in [1.29, 1.82) is 0 Å². The Kier molecular flexibility index (Phi) is 2.96. The number of pyridine rings is 1. The Labute approximate surface area is 81.7 Å². The van der Waals surface area contributed by atoms with E-state index in [4.69, 9.17) is 11.6 Å². The van der Waals surface area contributed by atoms with Crippen molar-refractivity contribution < 1.29 is 17.6 Å². The first-order valence-electron chi connectivity index (χ1n) is 3.29. The number of hydrogen-bond acceptors (Lipinski definition) is 1. The van der Waals surface area contributed by atoms with Crippen molar-refractivity contribution in [2.45, 2.75) is 6.18 Å². The SMILES string of the molecule is FC#Cc1ncc(C(F)(F)F)cc1Cl. The average Bonchev–Trinajstić information content (AvgIpc) is 2.07. The fraction of sp³-hybridized carbons (Fsp3) is 0.125. The Balaban J connectivity index is 3.17. The van der Waals surface area contributed by atoms with Crippen molar-refractivity contribution in [2.24, 2.45) is 0 Å². The largest absolute Gasteiger partial charge is 0.417 e. The van der Waals surface area contributed by atoms with E-state index in [9.17, 15) is 17.6 Å². The van der Waals surface area contributed by atoms with E-state index >= 15 is 0 Å². The highest BCUT2D eigenvalue weighted by Gasteiger charge is 2.31. The van der Waals surface area contributed by atoms with E-state index < -0.39 is 11.7 Å². The Hall–Kier alpha value is -1.28. The van der Waals surface area contributed by atoms with Crippen LogP contribution in [0.3, 0.4) is 0 Å². The highest BCUT2D eigenvalue weighted by atomic mass is 35.5. The molecule has 6 heteroatoms. The van der Waals surface area contributed by atoms with Gasteiger partial charge in [0.1, 0.15) is 11.9 Å². The van der Waals surface area contributed by atoms with Crippen molar-refractivity contribution in [1.82, 2.24) is 4.98 Å². The molecule has 74 valence electrons. The zero-order valence-corrected chi connectivity index (χ0v) is 7.25. The number of rotatable bonds is 0. The van der Waals surface area contributed by atoms with Gasteiger partial charge in [-0.25, -0.2) is 4.98 Å². The molecule has 0 bridgehead atoms. The van der Waals surface area contributed by atoms with E-state index in [2.05, 4.69) is 4.98 Å². The van der Waals surface area contributed by atoms with Gasteiger partial charge in [0.25, 0.3) is 0 Å². The predicted octanol–water partition coefficient (Wildman–Crippen LogP) is 3.03. The summed E-state index contributed by atoms with van der Waals surface area (Å²) in [7, 11) is 0. The Bertz CT molecular complexity index is 402. The van der Waals surface area contributed by atoms with Gasteiger partial charge in [0.15, 0.2) is 0 Å². The van der Waals surface area contributed by atoms with Gasteiger partial charge in [0.2, 0.25) is 0 Å². The molecular weight excluding hydrogens is 222 g/mol. The molecule has 0 fully saturated rings. The van der Waals surface area contributed by atoms with Gasteiger partial charge in [0, 0.05) is 6.20 Å². The predicted molar refractivity (Wildman–Crippen MR) is 42.2 cm³/mol. The summed E-state index contributed by atoms with van der Waals surface area (Å²) < 4.78 is 47.7. The fourth-order valence-corrected chi connectivity index (χ4v) is 0.943. The van der Waals surface area contributed by atoms with E-state index in [0.717, 1.165) is 6.17 Å². The van der Waals surface area contributed by atoms with Crippen LogP contribution < -0.4 is 0 Å². The molecule has 1 heterocycles. The molecule has 0 spiro atoms. The van der Waals surface area contributed by atoms with Gasteiger partial charge in [-0.2, -0.15) is 13.2 Å². The monoisotopic (exact) mass is 223 g/mol. The number of aromatic nitrogens is 1. The molecule has 0 atom stereocenters. The fourth-order valence-electron chi connectivity index (χ4n) is 0.730. The Morgan fingerprint density at radius 1 is 1.36 bits per heavy atom. The van der Waals surface area contributed by atoms with Crippen molar-refractivity contribution in [3.8, 4) is 12.1 Å². The molecule has 0 saturated heterocycles. The number of alkyl halides is 3. The first kappa shape index (κ1) is 10.8. The smallest absolute Gasteiger partial charge is 0.245 e. The van der Waals surface area contributed by atoms with E-state index in [-0.39, 0.29) is 10.7 Å². The second kappa shape index (κ2) is 3.84. The molecule has 1 aromatic heterocycles.